The highest BCUT2D eigenvalue weighted by molar-refractivity contribution is 6.35. The van der Waals surface area contributed by atoms with Crippen molar-refractivity contribution in [1.29, 1.82) is 0 Å². The molecule has 0 spiro atoms. The van der Waals surface area contributed by atoms with Gasteiger partial charge in [-0.2, -0.15) is 0 Å². The molecule has 1 aromatic rings. The normalized spacial score (nSPS) is 20.0. The van der Waals surface area contributed by atoms with Crippen LogP contribution < -0.4 is 10.6 Å². The largest absolute Gasteiger partial charge is 0.469 e. The van der Waals surface area contributed by atoms with Crippen molar-refractivity contribution in [1.82, 2.24) is 5.32 Å². The molecular weight excluding hydrogens is 374 g/mol. The summed E-state index contributed by atoms with van der Waals surface area (Å²) in [7, 11) is 1.26. The Hall–Kier alpha value is -2.12. The first-order valence-electron chi connectivity index (χ1n) is 7.27. The number of halogens is 3. The molecule has 0 heterocycles. The average molecular weight is 389 g/mol. The first-order valence-corrected chi connectivity index (χ1v) is 8.03. The lowest BCUT2D eigenvalue weighted by molar-refractivity contribution is -0.144. The number of carbonyl (C=O) groups is 3. The fraction of sp³-hybridized carbons (Fsp3) is 0.312. The van der Waals surface area contributed by atoms with Crippen molar-refractivity contribution in [3.05, 3.63) is 40.4 Å². The van der Waals surface area contributed by atoms with Crippen LogP contribution >= 0.6 is 23.2 Å². The third-order valence-electron chi connectivity index (χ3n) is 3.51. The van der Waals surface area contributed by atoms with E-state index in [0.29, 0.717) is 0 Å². The van der Waals surface area contributed by atoms with Crippen LogP contribution in [0.3, 0.4) is 0 Å². The zero-order valence-electron chi connectivity index (χ0n) is 13.1. The fourth-order valence-electron chi connectivity index (χ4n) is 2.34. The molecule has 0 radical (unpaired) electrons. The first kappa shape index (κ1) is 19.2. The Balaban J connectivity index is 1.90. The summed E-state index contributed by atoms with van der Waals surface area (Å²) in [6, 6.07) is 3.64. The Labute approximate surface area is 153 Å². The number of nitrogens with one attached hydrogen (secondary N) is 2. The molecule has 25 heavy (non-hydrogen) atoms. The Bertz CT molecular complexity index is 706. The summed E-state index contributed by atoms with van der Waals surface area (Å²) in [5, 5.41) is 5.10. The van der Waals surface area contributed by atoms with Gasteiger partial charge in [0.1, 0.15) is 0 Å². The number of benzene rings is 1. The molecule has 0 fully saturated rings. The van der Waals surface area contributed by atoms with Gasteiger partial charge < -0.3 is 15.4 Å². The SMILES string of the molecule is COC(=O)[C@@H]1C=C[C@H](NC(=O)C(F)C(=O)Nc2cc(Cl)cc(Cl)c2)C1. The molecule has 0 aromatic heterocycles. The smallest absolute Gasteiger partial charge is 0.312 e. The van der Waals surface area contributed by atoms with E-state index in [9.17, 15) is 18.8 Å². The number of alkyl halides is 1. The first-order chi connectivity index (χ1) is 11.8. The topological polar surface area (TPSA) is 84.5 Å². The van der Waals surface area contributed by atoms with Gasteiger partial charge in [-0.05, 0) is 24.6 Å². The van der Waals surface area contributed by atoms with E-state index in [1.165, 1.54) is 25.3 Å². The summed E-state index contributed by atoms with van der Waals surface area (Å²) in [4.78, 5) is 35.1. The summed E-state index contributed by atoms with van der Waals surface area (Å²) in [6.07, 6.45) is 0.943. The number of carbonyl (C=O) groups excluding carboxylic acids is 3. The van der Waals surface area contributed by atoms with E-state index in [4.69, 9.17) is 23.2 Å². The van der Waals surface area contributed by atoms with Crippen LogP contribution in [0, 0.1) is 5.92 Å². The summed E-state index contributed by atoms with van der Waals surface area (Å²) < 4.78 is 18.6. The van der Waals surface area contributed by atoms with E-state index >= 15 is 0 Å². The highest BCUT2D eigenvalue weighted by Gasteiger charge is 2.31. The standard InChI is InChI=1S/C16H15Cl2FN2O4/c1-25-16(24)8-2-3-11(4-8)20-14(22)13(19)15(23)21-12-6-9(17)5-10(18)7-12/h2-3,5-8,11,13H,4H2,1H3,(H,20,22)(H,21,23)/t8-,11+,13?/m1/s1. The molecule has 134 valence electrons. The van der Waals surface area contributed by atoms with Crippen LogP contribution in [0.25, 0.3) is 0 Å². The maximum Gasteiger partial charge on any atom is 0.312 e. The van der Waals surface area contributed by atoms with Crippen molar-refractivity contribution in [2.45, 2.75) is 18.6 Å². The lowest BCUT2D eigenvalue weighted by Crippen LogP contribution is -2.43. The Morgan fingerprint density at radius 3 is 2.40 bits per heavy atom. The van der Waals surface area contributed by atoms with Crippen LogP contribution in [0.2, 0.25) is 10.0 Å². The molecule has 3 atom stereocenters. The van der Waals surface area contributed by atoms with Crippen LogP contribution in [-0.4, -0.2) is 37.1 Å². The predicted molar refractivity (Wildman–Crippen MR) is 91.2 cm³/mol. The van der Waals surface area contributed by atoms with Gasteiger partial charge in [-0.25, -0.2) is 4.39 Å². The molecule has 1 unspecified atom stereocenters. The van der Waals surface area contributed by atoms with Crippen LogP contribution in [0.4, 0.5) is 10.1 Å². The highest BCUT2D eigenvalue weighted by Crippen LogP contribution is 2.23. The summed E-state index contributed by atoms with van der Waals surface area (Å²) in [5.41, 5.74) is 0.171. The van der Waals surface area contributed by atoms with Crippen molar-refractivity contribution < 1.29 is 23.5 Å². The number of rotatable bonds is 5. The molecule has 1 aliphatic carbocycles. The van der Waals surface area contributed by atoms with Gasteiger partial charge in [0.25, 0.3) is 18.0 Å². The van der Waals surface area contributed by atoms with Gasteiger partial charge in [0.15, 0.2) is 0 Å². The van der Waals surface area contributed by atoms with Crippen molar-refractivity contribution in [2.75, 3.05) is 12.4 Å². The average Bonchev–Trinajstić information content (AvgIpc) is 3.00. The van der Waals surface area contributed by atoms with E-state index in [1.54, 1.807) is 12.2 Å². The minimum atomic E-state index is -2.43. The van der Waals surface area contributed by atoms with Gasteiger partial charge in [-0.3, -0.25) is 14.4 Å². The molecule has 0 aliphatic heterocycles. The van der Waals surface area contributed by atoms with E-state index < -0.39 is 35.9 Å². The molecule has 0 bridgehead atoms. The highest BCUT2D eigenvalue weighted by atomic mass is 35.5. The van der Waals surface area contributed by atoms with Crippen molar-refractivity contribution in [3.63, 3.8) is 0 Å². The maximum atomic E-state index is 14.0. The molecule has 0 saturated carbocycles. The van der Waals surface area contributed by atoms with Gasteiger partial charge in [0, 0.05) is 21.8 Å². The van der Waals surface area contributed by atoms with Crippen LogP contribution in [0.15, 0.2) is 30.4 Å². The van der Waals surface area contributed by atoms with E-state index in [1.807, 2.05) is 0 Å². The summed E-state index contributed by atoms with van der Waals surface area (Å²) >= 11 is 11.6. The second-order valence-electron chi connectivity index (χ2n) is 5.38. The Kier molecular flexibility index (Phi) is 6.39. The number of hydrogen-bond acceptors (Lipinski definition) is 4. The third-order valence-corrected chi connectivity index (χ3v) is 3.94. The zero-order valence-corrected chi connectivity index (χ0v) is 14.6. The van der Waals surface area contributed by atoms with E-state index in [-0.39, 0.29) is 22.2 Å². The number of amides is 2. The van der Waals surface area contributed by atoms with Crippen molar-refractivity contribution in [3.8, 4) is 0 Å². The number of anilines is 1. The maximum absolute atomic E-state index is 14.0. The van der Waals surface area contributed by atoms with Crippen LogP contribution in [0.1, 0.15) is 6.42 Å². The molecule has 2 amide bonds. The Morgan fingerprint density at radius 2 is 1.80 bits per heavy atom. The van der Waals surface area contributed by atoms with Crippen LogP contribution in [-0.2, 0) is 19.1 Å². The van der Waals surface area contributed by atoms with E-state index in [0.717, 1.165) is 0 Å². The molecule has 2 rings (SSSR count). The Morgan fingerprint density at radius 1 is 1.16 bits per heavy atom. The van der Waals surface area contributed by atoms with Gasteiger partial charge in [0.05, 0.1) is 13.0 Å². The van der Waals surface area contributed by atoms with Crippen LogP contribution in [0.5, 0.6) is 0 Å². The molecule has 2 N–H and O–H groups in total. The van der Waals surface area contributed by atoms with Crippen molar-refractivity contribution in [2.24, 2.45) is 5.92 Å². The predicted octanol–water partition coefficient (Wildman–Crippen LogP) is 2.50. The minimum Gasteiger partial charge on any atom is -0.469 e. The van der Waals surface area contributed by atoms with Gasteiger partial charge >= 0.3 is 5.97 Å². The molecule has 6 nitrogen and oxygen atoms in total. The van der Waals surface area contributed by atoms with Gasteiger partial charge in [0.2, 0.25) is 0 Å². The minimum absolute atomic E-state index is 0.171. The number of esters is 1. The summed E-state index contributed by atoms with van der Waals surface area (Å²) in [6.45, 7) is 0. The fourth-order valence-corrected chi connectivity index (χ4v) is 2.86. The second kappa shape index (κ2) is 8.31. The molecule has 0 saturated heterocycles. The lowest BCUT2D eigenvalue weighted by Gasteiger charge is -2.15. The lowest BCUT2D eigenvalue weighted by atomic mass is 10.1. The summed E-state index contributed by atoms with van der Waals surface area (Å²) in [5.74, 6) is -3.20. The second-order valence-corrected chi connectivity index (χ2v) is 6.25. The van der Waals surface area contributed by atoms with Gasteiger partial charge in [-0.15, -0.1) is 0 Å². The van der Waals surface area contributed by atoms with E-state index in [2.05, 4.69) is 15.4 Å². The molecular formula is C16H15Cl2FN2O4. The number of ether oxygens (including phenoxy) is 1. The molecule has 1 aromatic carbocycles. The molecule has 9 heteroatoms. The quantitative estimate of drug-likeness (QED) is 0.461. The number of methoxy groups -OCH3 is 1. The van der Waals surface area contributed by atoms with Gasteiger partial charge in [-0.1, -0.05) is 35.4 Å². The molecule has 1 aliphatic rings. The third kappa shape index (κ3) is 5.17. The number of hydrogen-bond donors (Lipinski definition) is 2. The van der Waals surface area contributed by atoms with Crippen molar-refractivity contribution >= 4 is 46.7 Å². The zero-order chi connectivity index (χ0) is 18.6. The monoisotopic (exact) mass is 388 g/mol.